The maximum Gasteiger partial charge on any atom is 0.271 e. The molecule has 0 spiro atoms. The van der Waals surface area contributed by atoms with Gasteiger partial charge >= 0.3 is 0 Å². The Morgan fingerprint density at radius 2 is 2.07 bits per heavy atom. The van der Waals surface area contributed by atoms with Crippen LogP contribution in [0, 0.1) is 0 Å². The van der Waals surface area contributed by atoms with Crippen molar-refractivity contribution in [3.8, 4) is 11.3 Å². The molecule has 4 rings (SSSR count). The van der Waals surface area contributed by atoms with Crippen molar-refractivity contribution < 1.29 is 9.59 Å². The number of hydrogen-bond donors (Lipinski definition) is 3. The molecule has 0 saturated heterocycles. The largest absolute Gasteiger partial charge is 0.360 e. The third-order valence-corrected chi connectivity index (χ3v) is 4.81. The van der Waals surface area contributed by atoms with Crippen molar-refractivity contribution in [3.63, 3.8) is 0 Å². The number of aromatic nitrogens is 4. The van der Waals surface area contributed by atoms with Gasteiger partial charge in [0.25, 0.3) is 5.91 Å². The van der Waals surface area contributed by atoms with Gasteiger partial charge in [-0.3, -0.25) is 14.6 Å². The Morgan fingerprint density at radius 3 is 2.93 bits per heavy atom. The zero-order valence-electron chi connectivity index (χ0n) is 14.7. The van der Waals surface area contributed by atoms with Gasteiger partial charge in [0, 0.05) is 53.4 Å². The van der Waals surface area contributed by atoms with Crippen molar-refractivity contribution in [2.45, 2.75) is 6.42 Å². The fourth-order valence-electron chi connectivity index (χ4n) is 2.72. The number of hydrogen-bond acceptors (Lipinski definition) is 6. The molecule has 0 radical (unpaired) electrons. The highest BCUT2D eigenvalue weighted by Crippen LogP contribution is 2.30. The van der Waals surface area contributed by atoms with E-state index in [-0.39, 0.29) is 30.5 Å². The number of anilines is 1. The number of fused-ring (bicyclic) bond motifs is 1. The summed E-state index contributed by atoms with van der Waals surface area (Å²) >= 11 is 1.36. The Morgan fingerprint density at radius 1 is 1.18 bits per heavy atom. The van der Waals surface area contributed by atoms with E-state index in [9.17, 15) is 9.59 Å². The zero-order chi connectivity index (χ0) is 19.3. The molecule has 28 heavy (non-hydrogen) atoms. The number of H-pyrrole nitrogens is 1. The predicted molar refractivity (Wildman–Crippen MR) is 107 cm³/mol. The van der Waals surface area contributed by atoms with Gasteiger partial charge in [-0.05, 0) is 6.07 Å². The van der Waals surface area contributed by atoms with Crippen LogP contribution in [0.25, 0.3) is 22.2 Å². The Balaban J connectivity index is 1.32. The molecule has 3 aromatic heterocycles. The van der Waals surface area contributed by atoms with E-state index in [4.69, 9.17) is 0 Å². The van der Waals surface area contributed by atoms with Crippen LogP contribution >= 0.6 is 11.3 Å². The predicted octanol–water partition coefficient (Wildman–Crippen LogP) is 2.84. The Hall–Kier alpha value is -3.59. The number of benzene rings is 1. The van der Waals surface area contributed by atoms with Crippen LogP contribution in [0.1, 0.15) is 16.9 Å². The average Bonchev–Trinajstić information content (AvgIpc) is 3.35. The summed E-state index contributed by atoms with van der Waals surface area (Å²) in [6.07, 6.45) is 6.34. The Labute approximate surface area is 164 Å². The second-order valence-electron chi connectivity index (χ2n) is 5.93. The van der Waals surface area contributed by atoms with Crippen molar-refractivity contribution in [2.24, 2.45) is 0 Å². The number of nitrogens with zero attached hydrogens (tertiary/aromatic N) is 3. The molecule has 8 nitrogen and oxygen atoms in total. The van der Waals surface area contributed by atoms with Gasteiger partial charge < -0.3 is 15.6 Å². The molecule has 2 amide bonds. The van der Waals surface area contributed by atoms with Crippen LogP contribution in [-0.2, 0) is 4.79 Å². The highest BCUT2D eigenvalue weighted by Gasteiger charge is 2.12. The maximum absolute atomic E-state index is 12.1. The van der Waals surface area contributed by atoms with Crippen LogP contribution in [0.3, 0.4) is 0 Å². The lowest BCUT2D eigenvalue weighted by molar-refractivity contribution is -0.116. The first kappa shape index (κ1) is 17.8. The second-order valence-corrected chi connectivity index (χ2v) is 6.79. The minimum atomic E-state index is -0.364. The number of para-hydroxylation sites is 1. The number of amides is 2. The molecular formula is C19H16N6O2S. The van der Waals surface area contributed by atoms with Crippen LogP contribution in [-0.4, -0.2) is 38.3 Å². The maximum atomic E-state index is 12.1. The van der Waals surface area contributed by atoms with Crippen molar-refractivity contribution in [2.75, 3.05) is 11.9 Å². The topological polar surface area (TPSA) is 113 Å². The highest BCUT2D eigenvalue weighted by molar-refractivity contribution is 7.14. The van der Waals surface area contributed by atoms with Gasteiger partial charge in [0.1, 0.15) is 5.69 Å². The van der Waals surface area contributed by atoms with E-state index in [1.165, 1.54) is 29.9 Å². The Bertz CT molecular complexity index is 1120. The van der Waals surface area contributed by atoms with Gasteiger partial charge in [-0.1, -0.05) is 18.2 Å². The van der Waals surface area contributed by atoms with E-state index in [1.54, 1.807) is 0 Å². The first-order valence-electron chi connectivity index (χ1n) is 8.57. The number of aromatic amines is 1. The molecule has 0 aliphatic rings. The lowest BCUT2D eigenvalue weighted by Gasteiger charge is -2.04. The minimum absolute atomic E-state index is 0.133. The lowest BCUT2D eigenvalue weighted by atomic mass is 10.1. The number of rotatable bonds is 6. The first-order chi connectivity index (χ1) is 13.7. The molecule has 140 valence electrons. The highest BCUT2D eigenvalue weighted by atomic mass is 32.1. The SMILES string of the molecule is O=C(CCNC(=O)c1cnccn1)Nc1nc(-c2c[nH]c3ccccc23)cs1. The molecule has 3 heterocycles. The van der Waals surface area contributed by atoms with E-state index < -0.39 is 0 Å². The molecule has 0 atom stereocenters. The van der Waals surface area contributed by atoms with Crippen LogP contribution in [0.15, 0.2) is 54.4 Å². The lowest BCUT2D eigenvalue weighted by Crippen LogP contribution is -2.28. The number of carbonyl (C=O) groups excluding carboxylic acids is 2. The molecular weight excluding hydrogens is 376 g/mol. The van der Waals surface area contributed by atoms with Gasteiger partial charge in [0.2, 0.25) is 5.91 Å². The van der Waals surface area contributed by atoms with Gasteiger partial charge in [-0.25, -0.2) is 9.97 Å². The first-order valence-corrected chi connectivity index (χ1v) is 9.45. The van der Waals surface area contributed by atoms with Crippen LogP contribution in [0.2, 0.25) is 0 Å². The van der Waals surface area contributed by atoms with Crippen LogP contribution in [0.5, 0.6) is 0 Å². The molecule has 0 unspecified atom stereocenters. The van der Waals surface area contributed by atoms with Gasteiger partial charge in [0.05, 0.1) is 11.9 Å². The van der Waals surface area contributed by atoms with E-state index in [0.29, 0.717) is 5.13 Å². The van der Waals surface area contributed by atoms with E-state index in [2.05, 4.69) is 30.6 Å². The van der Waals surface area contributed by atoms with Crippen molar-refractivity contribution in [1.29, 1.82) is 0 Å². The molecule has 4 aromatic rings. The van der Waals surface area contributed by atoms with Crippen LogP contribution < -0.4 is 10.6 Å². The summed E-state index contributed by atoms with van der Waals surface area (Å²) in [7, 11) is 0. The third-order valence-electron chi connectivity index (χ3n) is 4.05. The molecule has 9 heteroatoms. The molecule has 3 N–H and O–H groups in total. The van der Waals surface area contributed by atoms with E-state index >= 15 is 0 Å². The zero-order valence-corrected chi connectivity index (χ0v) is 15.5. The molecule has 0 fully saturated rings. The van der Waals surface area contributed by atoms with Gasteiger partial charge in [-0.2, -0.15) is 0 Å². The van der Waals surface area contributed by atoms with Crippen LogP contribution in [0.4, 0.5) is 5.13 Å². The summed E-state index contributed by atoms with van der Waals surface area (Å²) in [5, 5.41) is 8.91. The normalized spacial score (nSPS) is 10.7. The summed E-state index contributed by atoms with van der Waals surface area (Å²) < 4.78 is 0. The van der Waals surface area contributed by atoms with Gasteiger partial charge in [0.15, 0.2) is 5.13 Å². The van der Waals surface area contributed by atoms with E-state index in [1.807, 2.05) is 35.8 Å². The number of thiazole rings is 1. The molecule has 0 bridgehead atoms. The molecule has 1 aromatic carbocycles. The molecule has 0 aliphatic heterocycles. The summed E-state index contributed by atoms with van der Waals surface area (Å²) in [6, 6.07) is 7.98. The van der Waals surface area contributed by atoms with Crippen molar-refractivity contribution in [1.82, 2.24) is 25.3 Å². The van der Waals surface area contributed by atoms with Crippen molar-refractivity contribution in [3.05, 3.63) is 60.1 Å². The van der Waals surface area contributed by atoms with Crippen molar-refractivity contribution >= 4 is 39.2 Å². The minimum Gasteiger partial charge on any atom is -0.360 e. The average molecular weight is 392 g/mol. The fraction of sp³-hybridized carbons (Fsp3) is 0.105. The Kier molecular flexibility index (Phi) is 5.07. The summed E-state index contributed by atoms with van der Waals surface area (Å²) in [5.41, 5.74) is 3.04. The smallest absolute Gasteiger partial charge is 0.271 e. The fourth-order valence-corrected chi connectivity index (χ4v) is 3.44. The van der Waals surface area contributed by atoms with Gasteiger partial charge in [-0.15, -0.1) is 11.3 Å². The molecule has 0 aliphatic carbocycles. The molecule has 0 saturated carbocycles. The summed E-state index contributed by atoms with van der Waals surface area (Å²) in [5.74, 6) is -0.587. The monoisotopic (exact) mass is 392 g/mol. The third kappa shape index (κ3) is 3.89. The standard InChI is InChI=1S/C19H16N6O2S/c26-17(5-6-22-18(27)15-10-20-7-8-21-15)25-19-24-16(11-28-19)13-9-23-14-4-2-1-3-12(13)14/h1-4,7-11,23H,5-6H2,(H,22,27)(H,24,25,26). The van der Waals surface area contributed by atoms with E-state index in [0.717, 1.165) is 22.2 Å². The number of nitrogens with one attached hydrogen (secondary N) is 3. The quantitative estimate of drug-likeness (QED) is 0.467. The summed E-state index contributed by atoms with van der Waals surface area (Å²) in [4.78, 5) is 39.4. The second kappa shape index (κ2) is 7.97. The summed E-state index contributed by atoms with van der Waals surface area (Å²) in [6.45, 7) is 0.196. The number of carbonyl (C=O) groups is 2.